The lowest BCUT2D eigenvalue weighted by Crippen LogP contribution is -2.37. The zero-order chi connectivity index (χ0) is 7.73. The van der Waals surface area contributed by atoms with Gasteiger partial charge in [-0.2, -0.15) is 0 Å². The van der Waals surface area contributed by atoms with Gasteiger partial charge in [-0.05, 0) is 37.6 Å². The lowest BCUT2D eigenvalue weighted by molar-refractivity contribution is 0.241. The van der Waals surface area contributed by atoms with Crippen molar-refractivity contribution in [1.82, 2.24) is 5.32 Å². The van der Waals surface area contributed by atoms with Crippen molar-refractivity contribution in [2.75, 3.05) is 6.54 Å². The van der Waals surface area contributed by atoms with E-state index in [0.29, 0.717) is 5.41 Å². The minimum Gasteiger partial charge on any atom is -0.313 e. The highest BCUT2D eigenvalue weighted by molar-refractivity contribution is 4.93. The molecule has 0 aromatic carbocycles. The van der Waals surface area contributed by atoms with E-state index >= 15 is 0 Å². The third-order valence-electron chi connectivity index (χ3n) is 3.65. The molecule has 0 aromatic heterocycles. The number of rotatable bonds is 1. The average molecular weight is 153 g/mol. The van der Waals surface area contributed by atoms with Crippen molar-refractivity contribution in [3.05, 3.63) is 0 Å². The number of hydrogen-bond acceptors (Lipinski definition) is 1. The number of hydrogen-bond donors (Lipinski definition) is 1. The van der Waals surface area contributed by atoms with E-state index in [2.05, 4.69) is 12.2 Å². The second-order valence-corrected chi connectivity index (χ2v) is 4.51. The molecule has 1 saturated heterocycles. The van der Waals surface area contributed by atoms with Crippen LogP contribution in [0.15, 0.2) is 0 Å². The van der Waals surface area contributed by atoms with Crippen molar-refractivity contribution in [3.8, 4) is 0 Å². The molecular formula is C10H19N. The maximum Gasteiger partial charge on any atom is 0.0121 e. The number of nitrogens with one attached hydrogen (secondary N) is 1. The molecular weight excluding hydrogens is 134 g/mol. The van der Waals surface area contributed by atoms with Crippen LogP contribution in [-0.4, -0.2) is 12.6 Å². The Morgan fingerprint density at radius 3 is 2.45 bits per heavy atom. The van der Waals surface area contributed by atoms with Crippen LogP contribution in [0.4, 0.5) is 0 Å². The Morgan fingerprint density at radius 1 is 1.18 bits per heavy atom. The molecule has 1 nitrogen and oxygen atoms in total. The van der Waals surface area contributed by atoms with Crippen molar-refractivity contribution in [2.45, 2.75) is 51.5 Å². The van der Waals surface area contributed by atoms with Gasteiger partial charge in [0.15, 0.2) is 0 Å². The lowest BCUT2D eigenvalue weighted by Gasteiger charge is -2.31. The molecule has 2 rings (SSSR count). The fourth-order valence-corrected chi connectivity index (χ4v) is 2.81. The first-order valence-electron chi connectivity index (χ1n) is 5.05. The summed E-state index contributed by atoms with van der Waals surface area (Å²) in [5.41, 5.74) is 0.663. The SMILES string of the molecule is CC1([C@H]2CCCN2)CCCC1. The summed E-state index contributed by atoms with van der Waals surface area (Å²) in [5, 5.41) is 3.64. The Hall–Kier alpha value is -0.0400. The fourth-order valence-electron chi connectivity index (χ4n) is 2.81. The van der Waals surface area contributed by atoms with Gasteiger partial charge in [-0.25, -0.2) is 0 Å². The predicted octanol–water partition coefficient (Wildman–Crippen LogP) is 2.32. The van der Waals surface area contributed by atoms with Gasteiger partial charge in [-0.1, -0.05) is 19.8 Å². The van der Waals surface area contributed by atoms with Crippen molar-refractivity contribution in [3.63, 3.8) is 0 Å². The predicted molar refractivity (Wildman–Crippen MR) is 47.6 cm³/mol. The highest BCUT2D eigenvalue weighted by Gasteiger charge is 2.37. The minimum atomic E-state index is 0.663. The van der Waals surface area contributed by atoms with E-state index in [9.17, 15) is 0 Å². The lowest BCUT2D eigenvalue weighted by atomic mass is 9.80. The van der Waals surface area contributed by atoms with Gasteiger partial charge in [-0.15, -0.1) is 0 Å². The molecule has 0 aromatic rings. The van der Waals surface area contributed by atoms with Crippen molar-refractivity contribution in [2.24, 2.45) is 5.41 Å². The molecule has 11 heavy (non-hydrogen) atoms. The van der Waals surface area contributed by atoms with Crippen LogP contribution in [0.1, 0.15) is 45.4 Å². The molecule has 1 saturated carbocycles. The van der Waals surface area contributed by atoms with Crippen LogP contribution >= 0.6 is 0 Å². The quantitative estimate of drug-likeness (QED) is 0.609. The van der Waals surface area contributed by atoms with Crippen LogP contribution in [0.5, 0.6) is 0 Å². The van der Waals surface area contributed by atoms with Crippen LogP contribution < -0.4 is 5.32 Å². The van der Waals surface area contributed by atoms with Crippen molar-refractivity contribution >= 4 is 0 Å². The van der Waals surface area contributed by atoms with E-state index in [4.69, 9.17) is 0 Å². The first-order valence-corrected chi connectivity index (χ1v) is 5.05. The summed E-state index contributed by atoms with van der Waals surface area (Å²) in [6.45, 7) is 3.74. The summed E-state index contributed by atoms with van der Waals surface area (Å²) in [5.74, 6) is 0. The van der Waals surface area contributed by atoms with Crippen LogP contribution in [-0.2, 0) is 0 Å². The molecule has 1 aliphatic heterocycles. The van der Waals surface area contributed by atoms with Gasteiger partial charge in [0, 0.05) is 6.04 Å². The molecule has 0 amide bonds. The van der Waals surface area contributed by atoms with E-state index in [-0.39, 0.29) is 0 Å². The van der Waals surface area contributed by atoms with Gasteiger partial charge < -0.3 is 5.32 Å². The molecule has 64 valence electrons. The second-order valence-electron chi connectivity index (χ2n) is 4.51. The van der Waals surface area contributed by atoms with Crippen molar-refractivity contribution < 1.29 is 0 Å². The van der Waals surface area contributed by atoms with Crippen LogP contribution in [0.3, 0.4) is 0 Å². The molecule has 2 aliphatic rings. The smallest absolute Gasteiger partial charge is 0.0121 e. The monoisotopic (exact) mass is 153 g/mol. The van der Waals surface area contributed by atoms with E-state index < -0.39 is 0 Å². The summed E-state index contributed by atoms with van der Waals surface area (Å²) in [6, 6.07) is 0.852. The highest BCUT2D eigenvalue weighted by Crippen LogP contribution is 2.42. The maximum absolute atomic E-state index is 3.64. The highest BCUT2D eigenvalue weighted by atomic mass is 15.0. The van der Waals surface area contributed by atoms with Crippen LogP contribution in [0.25, 0.3) is 0 Å². The van der Waals surface area contributed by atoms with E-state index in [1.807, 2.05) is 0 Å². The molecule has 0 unspecified atom stereocenters. The van der Waals surface area contributed by atoms with Gasteiger partial charge in [0.25, 0.3) is 0 Å². The normalized spacial score (nSPS) is 36.3. The molecule has 0 bridgehead atoms. The summed E-state index contributed by atoms with van der Waals surface area (Å²) in [4.78, 5) is 0. The largest absolute Gasteiger partial charge is 0.313 e. The maximum atomic E-state index is 3.64. The minimum absolute atomic E-state index is 0.663. The molecule has 0 radical (unpaired) electrons. The van der Waals surface area contributed by atoms with Crippen molar-refractivity contribution in [1.29, 1.82) is 0 Å². The zero-order valence-corrected chi connectivity index (χ0v) is 7.53. The fraction of sp³-hybridized carbons (Fsp3) is 1.00. The van der Waals surface area contributed by atoms with Gasteiger partial charge in [-0.3, -0.25) is 0 Å². The molecule has 1 aliphatic carbocycles. The third kappa shape index (κ3) is 1.31. The van der Waals surface area contributed by atoms with Gasteiger partial charge in [0.1, 0.15) is 0 Å². The Balaban J connectivity index is 2.00. The Bertz CT molecular complexity index is 130. The van der Waals surface area contributed by atoms with E-state index in [1.165, 1.54) is 45.1 Å². The zero-order valence-electron chi connectivity index (χ0n) is 7.53. The summed E-state index contributed by atoms with van der Waals surface area (Å²) >= 11 is 0. The second kappa shape index (κ2) is 2.78. The summed E-state index contributed by atoms with van der Waals surface area (Å²) < 4.78 is 0. The van der Waals surface area contributed by atoms with E-state index in [0.717, 1.165) is 6.04 Å². The Kier molecular flexibility index (Phi) is 1.92. The molecule has 1 N–H and O–H groups in total. The third-order valence-corrected chi connectivity index (χ3v) is 3.65. The van der Waals surface area contributed by atoms with Gasteiger partial charge in [0.2, 0.25) is 0 Å². The molecule has 1 heteroatoms. The topological polar surface area (TPSA) is 12.0 Å². The first-order chi connectivity index (χ1) is 5.31. The first kappa shape index (κ1) is 7.60. The molecule has 1 atom stereocenters. The Morgan fingerprint density at radius 2 is 1.91 bits per heavy atom. The van der Waals surface area contributed by atoms with Gasteiger partial charge in [0.05, 0.1) is 0 Å². The standard InChI is InChI=1S/C10H19N/c1-10(6-2-3-7-10)9-5-4-8-11-9/h9,11H,2-8H2,1H3/t9-/m1/s1. The Labute approximate surface area is 69.6 Å². The van der Waals surface area contributed by atoms with Crippen LogP contribution in [0.2, 0.25) is 0 Å². The van der Waals surface area contributed by atoms with Crippen LogP contribution in [0, 0.1) is 5.41 Å². The van der Waals surface area contributed by atoms with E-state index in [1.54, 1.807) is 0 Å². The summed E-state index contributed by atoms with van der Waals surface area (Å²) in [7, 11) is 0. The molecule has 1 heterocycles. The average Bonchev–Trinajstić information content (AvgIpc) is 2.55. The molecule has 0 spiro atoms. The molecule has 2 fully saturated rings. The van der Waals surface area contributed by atoms with Gasteiger partial charge >= 0.3 is 0 Å². The summed E-state index contributed by atoms with van der Waals surface area (Å²) in [6.07, 6.45) is 8.69.